The Kier molecular flexibility index (Phi) is 4.85. The highest BCUT2D eigenvalue weighted by molar-refractivity contribution is 5.62. The van der Waals surface area contributed by atoms with Crippen LogP contribution in [-0.2, 0) is 19.3 Å². The molecule has 1 aromatic carbocycles. The first-order valence-corrected chi connectivity index (χ1v) is 7.13. The van der Waals surface area contributed by atoms with Crippen molar-refractivity contribution < 1.29 is 13.2 Å². The SMILES string of the molecule is CC(C)CCn1nnc(CN)c1-c1ccc(C(F)(F)F)cc1. The molecule has 0 amide bonds. The zero-order chi connectivity index (χ0) is 16.3. The van der Waals surface area contributed by atoms with Crippen molar-refractivity contribution in [3.05, 3.63) is 35.5 Å². The van der Waals surface area contributed by atoms with E-state index in [0.717, 1.165) is 18.6 Å². The maximum absolute atomic E-state index is 12.6. The summed E-state index contributed by atoms with van der Waals surface area (Å²) in [6.07, 6.45) is -3.44. The Morgan fingerprint density at radius 2 is 1.82 bits per heavy atom. The predicted molar refractivity (Wildman–Crippen MR) is 77.8 cm³/mol. The molecule has 0 radical (unpaired) electrons. The smallest absolute Gasteiger partial charge is 0.325 e. The number of aryl methyl sites for hydroxylation is 1. The molecule has 2 aromatic rings. The lowest BCUT2D eigenvalue weighted by molar-refractivity contribution is -0.137. The Morgan fingerprint density at radius 1 is 1.18 bits per heavy atom. The van der Waals surface area contributed by atoms with Crippen molar-refractivity contribution in [2.45, 2.75) is 39.5 Å². The topological polar surface area (TPSA) is 56.7 Å². The average Bonchev–Trinajstić information content (AvgIpc) is 2.87. The number of aromatic nitrogens is 3. The Morgan fingerprint density at radius 3 is 2.32 bits per heavy atom. The van der Waals surface area contributed by atoms with E-state index in [1.165, 1.54) is 12.1 Å². The molecule has 0 unspecified atom stereocenters. The molecule has 0 fully saturated rings. The second kappa shape index (κ2) is 6.48. The molecule has 0 atom stereocenters. The van der Waals surface area contributed by atoms with Gasteiger partial charge in [-0.2, -0.15) is 13.2 Å². The molecular weight excluding hydrogens is 293 g/mol. The summed E-state index contributed by atoms with van der Waals surface area (Å²) < 4.78 is 39.7. The molecular formula is C15H19F3N4. The molecule has 0 aliphatic heterocycles. The third-order valence-electron chi connectivity index (χ3n) is 3.40. The number of rotatable bonds is 5. The van der Waals surface area contributed by atoms with E-state index in [2.05, 4.69) is 24.2 Å². The van der Waals surface area contributed by atoms with Crippen LogP contribution < -0.4 is 5.73 Å². The first-order valence-electron chi connectivity index (χ1n) is 7.13. The summed E-state index contributed by atoms with van der Waals surface area (Å²) in [7, 11) is 0. The monoisotopic (exact) mass is 312 g/mol. The van der Waals surface area contributed by atoms with Crippen LogP contribution in [0.2, 0.25) is 0 Å². The molecule has 0 saturated heterocycles. The number of hydrogen-bond donors (Lipinski definition) is 1. The summed E-state index contributed by atoms with van der Waals surface area (Å²) >= 11 is 0. The highest BCUT2D eigenvalue weighted by atomic mass is 19.4. The van der Waals surface area contributed by atoms with Crippen molar-refractivity contribution in [1.29, 1.82) is 0 Å². The largest absolute Gasteiger partial charge is 0.416 e. The molecule has 22 heavy (non-hydrogen) atoms. The van der Waals surface area contributed by atoms with Gasteiger partial charge in [0.1, 0.15) is 5.69 Å². The van der Waals surface area contributed by atoms with Crippen LogP contribution in [0.3, 0.4) is 0 Å². The minimum Gasteiger partial charge on any atom is -0.325 e. The number of hydrogen-bond acceptors (Lipinski definition) is 3. The lowest BCUT2D eigenvalue weighted by atomic mass is 10.1. The number of nitrogens with zero attached hydrogens (tertiary/aromatic N) is 3. The van der Waals surface area contributed by atoms with Gasteiger partial charge in [-0.05, 0) is 24.5 Å². The molecule has 7 heteroatoms. The third-order valence-corrected chi connectivity index (χ3v) is 3.40. The molecule has 0 spiro atoms. The highest BCUT2D eigenvalue weighted by Crippen LogP contribution is 2.31. The van der Waals surface area contributed by atoms with Gasteiger partial charge >= 0.3 is 6.18 Å². The van der Waals surface area contributed by atoms with E-state index in [4.69, 9.17) is 5.73 Å². The molecule has 0 bridgehead atoms. The fourth-order valence-corrected chi connectivity index (χ4v) is 2.16. The van der Waals surface area contributed by atoms with Gasteiger partial charge in [0.25, 0.3) is 0 Å². The average molecular weight is 312 g/mol. The molecule has 0 aliphatic carbocycles. The molecule has 2 N–H and O–H groups in total. The van der Waals surface area contributed by atoms with Gasteiger partial charge in [-0.1, -0.05) is 31.2 Å². The van der Waals surface area contributed by atoms with Crippen molar-refractivity contribution >= 4 is 0 Å². The minimum atomic E-state index is -4.34. The van der Waals surface area contributed by atoms with Crippen molar-refractivity contribution in [2.75, 3.05) is 0 Å². The minimum absolute atomic E-state index is 0.192. The summed E-state index contributed by atoms with van der Waals surface area (Å²) in [5.41, 5.74) is 6.91. The molecule has 4 nitrogen and oxygen atoms in total. The van der Waals surface area contributed by atoms with Crippen LogP contribution >= 0.6 is 0 Å². The zero-order valence-corrected chi connectivity index (χ0v) is 12.6. The van der Waals surface area contributed by atoms with Crippen LogP contribution in [0.5, 0.6) is 0 Å². The number of benzene rings is 1. The van der Waals surface area contributed by atoms with Crippen molar-refractivity contribution in [3.63, 3.8) is 0 Å². The van der Waals surface area contributed by atoms with Crippen molar-refractivity contribution in [3.8, 4) is 11.3 Å². The quantitative estimate of drug-likeness (QED) is 0.919. The summed E-state index contributed by atoms with van der Waals surface area (Å²) in [5, 5.41) is 8.10. The lowest BCUT2D eigenvalue weighted by Gasteiger charge is -2.11. The van der Waals surface area contributed by atoms with Gasteiger partial charge < -0.3 is 5.73 Å². The van der Waals surface area contributed by atoms with Gasteiger partial charge in [0.2, 0.25) is 0 Å². The lowest BCUT2D eigenvalue weighted by Crippen LogP contribution is -2.08. The van der Waals surface area contributed by atoms with Gasteiger partial charge in [-0.25, -0.2) is 4.68 Å². The fraction of sp³-hybridized carbons (Fsp3) is 0.467. The Labute approximate surface area is 127 Å². The van der Waals surface area contributed by atoms with Crippen molar-refractivity contribution in [2.24, 2.45) is 11.7 Å². The van der Waals surface area contributed by atoms with E-state index in [0.29, 0.717) is 29.4 Å². The van der Waals surface area contributed by atoms with Crippen LogP contribution in [0, 0.1) is 5.92 Å². The van der Waals surface area contributed by atoms with Gasteiger partial charge in [0, 0.05) is 18.7 Å². The Hall–Kier alpha value is -1.89. The molecule has 120 valence electrons. The molecule has 0 aliphatic rings. The van der Waals surface area contributed by atoms with E-state index < -0.39 is 11.7 Å². The van der Waals surface area contributed by atoms with Gasteiger partial charge in [-0.3, -0.25) is 0 Å². The van der Waals surface area contributed by atoms with E-state index in [1.54, 1.807) is 4.68 Å². The second-order valence-electron chi connectivity index (χ2n) is 5.57. The normalized spacial score (nSPS) is 12.1. The standard InChI is InChI=1S/C15H19F3N4/c1-10(2)7-8-22-14(13(9-19)20-21-22)11-3-5-12(6-4-11)15(16,17)18/h3-6,10H,7-9,19H2,1-2H3. The van der Waals surface area contributed by atoms with Gasteiger partial charge in [0.05, 0.1) is 11.3 Å². The third kappa shape index (κ3) is 3.65. The zero-order valence-electron chi connectivity index (χ0n) is 12.6. The van der Waals surface area contributed by atoms with Crippen LogP contribution in [0.1, 0.15) is 31.5 Å². The Balaban J connectivity index is 2.36. The highest BCUT2D eigenvalue weighted by Gasteiger charge is 2.30. The summed E-state index contributed by atoms with van der Waals surface area (Å²) in [6, 6.07) is 5.00. The molecule has 1 aromatic heterocycles. The molecule has 2 rings (SSSR count). The predicted octanol–water partition coefficient (Wildman–Crippen LogP) is 3.47. The molecule has 0 saturated carbocycles. The van der Waals surface area contributed by atoms with Gasteiger partial charge in [0.15, 0.2) is 0 Å². The number of nitrogens with two attached hydrogens (primary N) is 1. The van der Waals surface area contributed by atoms with Crippen LogP contribution in [0.15, 0.2) is 24.3 Å². The molecule has 1 heterocycles. The first kappa shape index (κ1) is 16.5. The maximum atomic E-state index is 12.6. The summed E-state index contributed by atoms with van der Waals surface area (Å²) in [5.74, 6) is 0.492. The van der Waals surface area contributed by atoms with E-state index in [9.17, 15) is 13.2 Å². The number of halogens is 3. The maximum Gasteiger partial charge on any atom is 0.416 e. The van der Waals surface area contributed by atoms with Crippen LogP contribution in [0.4, 0.5) is 13.2 Å². The van der Waals surface area contributed by atoms with Crippen LogP contribution in [-0.4, -0.2) is 15.0 Å². The fourth-order valence-electron chi connectivity index (χ4n) is 2.16. The Bertz CT molecular complexity index is 615. The first-order chi connectivity index (χ1) is 10.3. The van der Waals surface area contributed by atoms with E-state index in [-0.39, 0.29) is 6.54 Å². The van der Waals surface area contributed by atoms with Crippen LogP contribution in [0.25, 0.3) is 11.3 Å². The van der Waals surface area contributed by atoms with E-state index >= 15 is 0 Å². The number of alkyl halides is 3. The summed E-state index contributed by atoms with van der Waals surface area (Å²) in [6.45, 7) is 5.04. The second-order valence-corrected chi connectivity index (χ2v) is 5.57. The van der Waals surface area contributed by atoms with Crippen molar-refractivity contribution in [1.82, 2.24) is 15.0 Å². The van der Waals surface area contributed by atoms with Gasteiger partial charge in [-0.15, -0.1) is 5.10 Å². The van der Waals surface area contributed by atoms with E-state index in [1.807, 2.05) is 0 Å². The summed E-state index contributed by atoms with van der Waals surface area (Å²) in [4.78, 5) is 0.